The summed E-state index contributed by atoms with van der Waals surface area (Å²) in [7, 11) is 0. The van der Waals surface area contributed by atoms with Crippen molar-refractivity contribution in [1.29, 1.82) is 0 Å². The summed E-state index contributed by atoms with van der Waals surface area (Å²) in [6, 6.07) is 133. The third-order valence-corrected chi connectivity index (χ3v) is 34.4. The van der Waals surface area contributed by atoms with E-state index in [1.165, 1.54) is 238 Å². The van der Waals surface area contributed by atoms with Gasteiger partial charge in [0, 0.05) is 78.1 Å². The molecule has 12 unspecified atom stereocenters. The van der Waals surface area contributed by atoms with Crippen LogP contribution in [0.5, 0.6) is 0 Å². The molecule has 11 aliphatic rings. The number of hydrogen-bond acceptors (Lipinski definition) is 6. The van der Waals surface area contributed by atoms with Crippen molar-refractivity contribution in [3.05, 3.63) is 384 Å². The zero-order valence-corrected chi connectivity index (χ0v) is 72.9. The first kappa shape index (κ1) is 73.3. The van der Waals surface area contributed by atoms with Gasteiger partial charge in [-0.05, 0) is 288 Å². The van der Waals surface area contributed by atoms with Crippen LogP contribution in [0.3, 0.4) is 0 Å². The number of morpholine rings is 1. The number of furan rings is 2. The highest BCUT2D eigenvalue weighted by Crippen LogP contribution is 2.71. The molecule has 0 radical (unpaired) electrons. The van der Waals surface area contributed by atoms with Crippen molar-refractivity contribution in [2.75, 3.05) is 9.80 Å². The molecule has 5 aliphatic carbocycles. The van der Waals surface area contributed by atoms with E-state index in [0.717, 1.165) is 89.8 Å². The largest absolute Gasteiger partial charge is 0.455 e. The lowest BCUT2D eigenvalue weighted by molar-refractivity contribution is -0.248. The summed E-state index contributed by atoms with van der Waals surface area (Å²) in [6.45, 7) is 2.57. The Morgan fingerprint density at radius 1 is 0.308 bits per heavy atom. The molecule has 17 aromatic carbocycles. The lowest BCUT2D eigenvalue weighted by atomic mass is 9.50. The molecule has 12 atom stereocenters. The third-order valence-electron chi connectivity index (χ3n) is 34.4. The van der Waals surface area contributed by atoms with Crippen molar-refractivity contribution in [3.8, 4) is 89.0 Å². The van der Waals surface area contributed by atoms with Gasteiger partial charge in [-0.2, -0.15) is 0 Å². The highest BCUT2D eigenvalue weighted by atomic mass is 16.5. The minimum atomic E-state index is -0.750. The number of nitrogens with zero attached hydrogens (tertiary/aromatic N) is 3. The van der Waals surface area contributed by atoms with Crippen LogP contribution in [0.2, 0.25) is 0 Å². The van der Waals surface area contributed by atoms with E-state index in [1.807, 2.05) is 0 Å². The number of anilines is 6. The fraction of sp³-hybridized carbons (Fsp3) is 0.210. The van der Waals surface area contributed by atoms with Crippen LogP contribution < -0.4 is 9.80 Å². The highest BCUT2D eigenvalue weighted by molar-refractivity contribution is 6.21. The normalized spacial score (nSPS) is 24.1. The zero-order chi connectivity index (χ0) is 84.7. The fourth-order valence-electron chi connectivity index (χ4n) is 29.3. The maximum Gasteiger partial charge on any atom is 0.143 e. The second kappa shape index (κ2) is 27.2. The number of piperidine rings is 1. The van der Waals surface area contributed by atoms with Gasteiger partial charge in [0.15, 0.2) is 0 Å². The minimum Gasteiger partial charge on any atom is -0.455 e. The molecule has 1 spiro atoms. The second-order valence-electron chi connectivity index (χ2n) is 40.3. The molecule has 30 rings (SSSR count). The van der Waals surface area contributed by atoms with Crippen molar-refractivity contribution in [2.45, 2.75) is 137 Å². The summed E-state index contributed by atoms with van der Waals surface area (Å²) in [5.41, 5.74) is 39.2. The molecule has 6 fully saturated rings. The Morgan fingerprint density at radius 2 is 0.838 bits per heavy atom. The lowest BCUT2D eigenvalue weighted by Gasteiger charge is -2.68. The Labute approximate surface area is 757 Å². The van der Waals surface area contributed by atoms with Gasteiger partial charge in [0.2, 0.25) is 0 Å². The van der Waals surface area contributed by atoms with Crippen LogP contribution in [0.1, 0.15) is 134 Å². The van der Waals surface area contributed by atoms with Gasteiger partial charge in [-0.15, -0.1) is 0 Å². The maximum absolute atomic E-state index is 7.20. The smallest absolute Gasteiger partial charge is 0.143 e. The van der Waals surface area contributed by atoms with Gasteiger partial charge >= 0.3 is 0 Å². The van der Waals surface area contributed by atoms with Crippen LogP contribution in [-0.2, 0) is 22.0 Å². The van der Waals surface area contributed by atoms with Crippen molar-refractivity contribution < 1.29 is 13.6 Å². The number of ether oxygens (including phenoxy) is 1. The van der Waals surface area contributed by atoms with E-state index in [2.05, 4.69) is 361 Å². The summed E-state index contributed by atoms with van der Waals surface area (Å²) in [5.74, 6) is 3.77. The molecule has 6 aliphatic heterocycles. The molecule has 19 aromatic rings. The first-order valence-corrected chi connectivity index (χ1v) is 48.4. The molecule has 8 heterocycles. The lowest BCUT2D eigenvalue weighted by Crippen LogP contribution is -2.74. The molecule has 6 nitrogen and oxygen atoms in total. The monoisotopic (exact) mass is 1670 g/mol. The van der Waals surface area contributed by atoms with Gasteiger partial charge in [0.05, 0.1) is 51.7 Å². The van der Waals surface area contributed by atoms with E-state index in [4.69, 9.17) is 13.6 Å². The van der Waals surface area contributed by atoms with E-state index in [9.17, 15) is 0 Å². The Hall–Kier alpha value is -13.6. The summed E-state index contributed by atoms with van der Waals surface area (Å²) in [5, 5.41) is 9.44. The van der Waals surface area contributed by atoms with Crippen LogP contribution in [0, 0.1) is 23.7 Å². The van der Waals surface area contributed by atoms with Gasteiger partial charge in [-0.1, -0.05) is 293 Å². The molecule has 4 saturated carbocycles. The Bertz CT molecular complexity index is 8090. The molecule has 2 saturated heterocycles. The van der Waals surface area contributed by atoms with Gasteiger partial charge < -0.3 is 23.4 Å². The fourth-order valence-corrected chi connectivity index (χ4v) is 29.3. The van der Waals surface area contributed by atoms with Gasteiger partial charge in [0.1, 0.15) is 22.3 Å². The summed E-state index contributed by atoms with van der Waals surface area (Å²) < 4.78 is 21.3. The van der Waals surface area contributed by atoms with Gasteiger partial charge in [-0.3, -0.25) is 4.90 Å². The second-order valence-corrected chi connectivity index (χ2v) is 40.3. The Morgan fingerprint density at radius 3 is 1.62 bits per heavy atom. The van der Waals surface area contributed by atoms with Crippen molar-refractivity contribution in [3.63, 3.8) is 0 Å². The third kappa shape index (κ3) is 9.95. The highest BCUT2D eigenvalue weighted by Gasteiger charge is 2.63. The SMILES string of the molecule is CC1(Cc2ccc3c4c(cccc24)-c2cc(-c4ccccc4)cc4c2N3c2ccc(-c3ccccc3)cc2C42c3ccccc3-c3cc(-c4ccc(C5CCC6C7C5CCCC7C5CCCC7OC8CCCCC8N6C75)cc4)ccc32)c2cc(-c3cccc4c3oc3ccccc34)ccc2N2c3c(cc(-c4cccc5c4oc4ccccc45)cc31)-c1cccc3cccc2c13. The number of rotatable bonds is 8. The molecule has 0 amide bonds. The average Bonchev–Trinajstić information content (AvgIpc) is 1.49. The van der Waals surface area contributed by atoms with E-state index >= 15 is 0 Å². The van der Waals surface area contributed by atoms with Crippen LogP contribution in [-0.4, -0.2) is 35.2 Å². The van der Waals surface area contributed by atoms with Crippen LogP contribution in [0.25, 0.3) is 154 Å². The van der Waals surface area contributed by atoms with Crippen LogP contribution in [0.4, 0.5) is 34.1 Å². The van der Waals surface area contributed by atoms with Crippen molar-refractivity contribution in [1.82, 2.24) is 4.90 Å². The summed E-state index contributed by atoms with van der Waals surface area (Å²) >= 11 is 0. The zero-order valence-electron chi connectivity index (χ0n) is 72.9. The molecule has 0 bridgehead atoms. The maximum atomic E-state index is 7.20. The molecule has 6 heteroatoms. The first-order valence-electron chi connectivity index (χ1n) is 48.4. The molecule has 0 N–H and O–H groups in total. The number of benzene rings is 17. The molecular formula is C124H95N3O3. The molecular weight excluding hydrogens is 1580 g/mol. The minimum absolute atomic E-state index is 0.443. The number of hydrogen-bond donors (Lipinski definition) is 0. The van der Waals surface area contributed by atoms with Crippen LogP contribution >= 0.6 is 0 Å². The molecule has 130 heavy (non-hydrogen) atoms. The quantitative estimate of drug-likeness (QED) is 0.151. The van der Waals surface area contributed by atoms with Gasteiger partial charge in [-0.25, -0.2) is 0 Å². The van der Waals surface area contributed by atoms with Crippen LogP contribution in [0.15, 0.2) is 349 Å². The van der Waals surface area contributed by atoms with Crippen molar-refractivity contribution >= 4 is 99.5 Å². The molecule has 624 valence electrons. The topological polar surface area (TPSA) is 45.2 Å². The number of fused-ring (bicyclic) bond motifs is 25. The Balaban J connectivity index is 0.602. The predicted molar refractivity (Wildman–Crippen MR) is 532 cm³/mol. The predicted octanol–water partition coefficient (Wildman–Crippen LogP) is 32.0. The molecule has 2 aromatic heterocycles. The standard InChI is InChI=1S/C124H95N3O3/c1-123(101-67-78(84-33-19-40-94-87-30-9-13-45-111(87)129-121(84)94)55-60-105(101)125-108-44-17-28-75-27-16-35-91(115(75)108)98-65-81(69-103(123)118(98)125)85-34-20-41-95-88-31-10-14-46-112(88)130-122(85)95)70-79-56-61-109-116-83(79)32-18-38-92(116)97-64-80(72-25-6-3-7-26-72)68-104-119(97)126(109)106-59-54-77(71-23-4-2-5-24-71)66-102(106)124(104)99-42-11-8-29-86(99)96-63-76(53-58-100(96)124)73-49-51-74(52-50-73)82-57-62-110-117-89(82)36-21-37-90(117)93-39-22-48-114-120(93)127(110)107-43-12-15-47-113(107)128-114/h2-11,13-14,16-20,23-35,38,40-42,44-46,49-56,58-61,63-69,82,89-90,93,107,110,113-114,117,120H,12,15,21-22,36-37,39,43,47-48,57,62,70H2,1H3. The van der Waals surface area contributed by atoms with E-state index in [-0.39, 0.29) is 0 Å². The van der Waals surface area contributed by atoms with E-state index in [0.29, 0.717) is 42.7 Å². The van der Waals surface area contributed by atoms with E-state index in [1.54, 1.807) is 5.56 Å². The first-order chi connectivity index (χ1) is 64.3. The number of para-hydroxylation sites is 4. The summed E-state index contributed by atoms with van der Waals surface area (Å²) in [4.78, 5) is 8.57. The van der Waals surface area contributed by atoms with E-state index < -0.39 is 10.8 Å². The van der Waals surface area contributed by atoms with Gasteiger partial charge in [0.25, 0.3) is 0 Å². The van der Waals surface area contributed by atoms with Crippen molar-refractivity contribution in [2.24, 2.45) is 23.7 Å². The summed E-state index contributed by atoms with van der Waals surface area (Å²) in [6.07, 6.45) is 17.7. The Kier molecular flexibility index (Phi) is 15.4. The average molecular weight is 1680 g/mol.